The third kappa shape index (κ3) is 3.53. The number of rotatable bonds is 7. The van der Waals surface area contributed by atoms with Crippen LogP contribution >= 0.6 is 0 Å². The monoisotopic (exact) mass is 265 g/mol. The second-order valence-electron chi connectivity index (χ2n) is 5.12. The molecule has 0 aliphatic heterocycles. The summed E-state index contributed by atoms with van der Waals surface area (Å²) in [7, 11) is 1.66. The number of ether oxygens (including phenoxy) is 1. The zero-order chi connectivity index (χ0) is 13.8. The van der Waals surface area contributed by atoms with Gasteiger partial charge in [0.15, 0.2) is 0 Å². The molecule has 3 nitrogen and oxygen atoms in total. The van der Waals surface area contributed by atoms with Gasteiger partial charge in [0.05, 0.1) is 6.61 Å². The summed E-state index contributed by atoms with van der Waals surface area (Å²) in [4.78, 5) is 13.0. The number of benzene rings is 1. The van der Waals surface area contributed by atoms with Gasteiger partial charge in [-0.25, -0.2) is 4.39 Å². The Morgan fingerprint density at radius 3 is 2.79 bits per heavy atom. The molecule has 1 aliphatic carbocycles. The summed E-state index contributed by atoms with van der Waals surface area (Å²) in [6.45, 7) is 3.44. The summed E-state index contributed by atoms with van der Waals surface area (Å²) in [5.41, 5.74) is 1.14. The van der Waals surface area contributed by atoms with Crippen molar-refractivity contribution < 1.29 is 13.9 Å². The Morgan fingerprint density at radius 1 is 1.47 bits per heavy atom. The van der Waals surface area contributed by atoms with E-state index in [-0.39, 0.29) is 5.82 Å². The minimum absolute atomic E-state index is 0.344. The van der Waals surface area contributed by atoms with Gasteiger partial charge in [0.1, 0.15) is 12.1 Å². The highest BCUT2D eigenvalue weighted by Gasteiger charge is 2.32. The van der Waals surface area contributed by atoms with Crippen LogP contribution in [0, 0.1) is 11.7 Å². The molecular formula is C15H20FNO2. The molecule has 0 amide bonds. The second-order valence-corrected chi connectivity index (χ2v) is 5.12. The van der Waals surface area contributed by atoms with Crippen molar-refractivity contribution in [2.24, 2.45) is 5.92 Å². The molecule has 1 aliphatic rings. The number of nitrogens with zero attached hydrogens (tertiary/aromatic N) is 1. The zero-order valence-corrected chi connectivity index (χ0v) is 11.4. The first-order valence-corrected chi connectivity index (χ1v) is 6.67. The predicted octanol–water partition coefficient (Wildman–Crippen LogP) is 2.89. The minimum atomic E-state index is -0.370. The maximum absolute atomic E-state index is 13.6. The van der Waals surface area contributed by atoms with Gasteiger partial charge in [-0.2, -0.15) is 0 Å². The lowest BCUT2D eigenvalue weighted by molar-refractivity contribution is 0.112. The molecule has 0 bridgehead atoms. The van der Waals surface area contributed by atoms with Gasteiger partial charge in [0.25, 0.3) is 0 Å². The molecule has 1 aromatic rings. The molecule has 1 fully saturated rings. The van der Waals surface area contributed by atoms with E-state index in [0.717, 1.165) is 5.69 Å². The first-order valence-electron chi connectivity index (χ1n) is 6.67. The molecule has 2 rings (SSSR count). The predicted molar refractivity (Wildman–Crippen MR) is 73.2 cm³/mol. The van der Waals surface area contributed by atoms with Gasteiger partial charge < -0.3 is 9.64 Å². The summed E-state index contributed by atoms with van der Waals surface area (Å²) in [5, 5.41) is 0. The van der Waals surface area contributed by atoms with E-state index in [1.54, 1.807) is 13.2 Å². The highest BCUT2D eigenvalue weighted by molar-refractivity contribution is 5.77. The number of anilines is 1. The quantitative estimate of drug-likeness (QED) is 0.710. The van der Waals surface area contributed by atoms with Crippen LogP contribution in [0.3, 0.4) is 0 Å². The number of hydrogen-bond donors (Lipinski definition) is 0. The average Bonchev–Trinajstić information content (AvgIpc) is 3.22. The molecule has 1 saturated carbocycles. The van der Waals surface area contributed by atoms with Gasteiger partial charge >= 0.3 is 0 Å². The van der Waals surface area contributed by atoms with Crippen LogP contribution in [0.15, 0.2) is 18.2 Å². The first kappa shape index (κ1) is 14.0. The van der Waals surface area contributed by atoms with E-state index >= 15 is 0 Å². The molecule has 104 valence electrons. The molecule has 4 heteroatoms. The standard InChI is InChI=1S/C15H20FNO2/c1-11(13-3-4-13)17(5-6-19-2)15-8-12(10-18)7-14(16)9-15/h7-11,13H,3-6H2,1-2H3. The van der Waals surface area contributed by atoms with Gasteiger partial charge in [-0.05, 0) is 43.9 Å². The van der Waals surface area contributed by atoms with Crippen LogP contribution < -0.4 is 4.90 Å². The van der Waals surface area contributed by atoms with Crippen LogP contribution in [0.1, 0.15) is 30.1 Å². The van der Waals surface area contributed by atoms with E-state index in [1.165, 1.54) is 25.0 Å². The lowest BCUT2D eigenvalue weighted by atomic mass is 10.1. The Balaban J connectivity index is 2.24. The Morgan fingerprint density at radius 2 is 2.21 bits per heavy atom. The smallest absolute Gasteiger partial charge is 0.150 e. The average molecular weight is 265 g/mol. The van der Waals surface area contributed by atoms with E-state index in [2.05, 4.69) is 11.8 Å². The number of carbonyl (C=O) groups excluding carboxylic acids is 1. The van der Waals surface area contributed by atoms with Crippen LogP contribution in [0.5, 0.6) is 0 Å². The van der Waals surface area contributed by atoms with E-state index in [9.17, 15) is 9.18 Å². The molecule has 0 spiro atoms. The van der Waals surface area contributed by atoms with Crippen molar-refractivity contribution in [1.82, 2.24) is 0 Å². The van der Waals surface area contributed by atoms with Gasteiger partial charge in [0, 0.05) is 30.9 Å². The van der Waals surface area contributed by atoms with Gasteiger partial charge in [-0.3, -0.25) is 4.79 Å². The summed E-state index contributed by atoms with van der Waals surface area (Å²) < 4.78 is 18.7. The number of methoxy groups -OCH3 is 1. The fourth-order valence-corrected chi connectivity index (χ4v) is 2.42. The molecule has 0 radical (unpaired) electrons. The number of aldehydes is 1. The Kier molecular flexibility index (Phi) is 4.53. The largest absolute Gasteiger partial charge is 0.383 e. The molecule has 1 unspecified atom stereocenters. The van der Waals surface area contributed by atoms with Crippen molar-refractivity contribution in [3.63, 3.8) is 0 Å². The molecular weight excluding hydrogens is 245 g/mol. The van der Waals surface area contributed by atoms with Crippen LogP contribution in [0.2, 0.25) is 0 Å². The number of hydrogen-bond acceptors (Lipinski definition) is 3. The Bertz CT molecular complexity index is 446. The first-order chi connectivity index (χ1) is 9.15. The molecule has 1 aromatic carbocycles. The minimum Gasteiger partial charge on any atom is -0.383 e. The molecule has 0 N–H and O–H groups in total. The maximum Gasteiger partial charge on any atom is 0.150 e. The molecule has 1 atom stereocenters. The van der Waals surface area contributed by atoms with Gasteiger partial charge in [-0.1, -0.05) is 0 Å². The fourth-order valence-electron chi connectivity index (χ4n) is 2.42. The molecule has 19 heavy (non-hydrogen) atoms. The van der Waals surface area contributed by atoms with E-state index < -0.39 is 0 Å². The highest BCUT2D eigenvalue weighted by atomic mass is 19.1. The van der Waals surface area contributed by atoms with Crippen LogP contribution in [-0.4, -0.2) is 32.6 Å². The maximum atomic E-state index is 13.6. The summed E-state index contributed by atoms with van der Waals surface area (Å²) >= 11 is 0. The van der Waals surface area contributed by atoms with Crippen molar-refractivity contribution in [3.05, 3.63) is 29.6 Å². The normalized spacial score (nSPS) is 16.2. The summed E-state index contributed by atoms with van der Waals surface area (Å²) in [6, 6.07) is 4.83. The Labute approximate surface area is 113 Å². The third-order valence-electron chi connectivity index (χ3n) is 3.70. The van der Waals surface area contributed by atoms with Crippen molar-refractivity contribution >= 4 is 12.0 Å². The third-order valence-corrected chi connectivity index (χ3v) is 3.70. The zero-order valence-electron chi connectivity index (χ0n) is 11.4. The second kappa shape index (κ2) is 6.15. The lowest BCUT2D eigenvalue weighted by Crippen LogP contribution is -2.37. The van der Waals surface area contributed by atoms with E-state index in [4.69, 9.17) is 4.74 Å². The van der Waals surface area contributed by atoms with Crippen LogP contribution in [0.25, 0.3) is 0 Å². The topological polar surface area (TPSA) is 29.5 Å². The highest BCUT2D eigenvalue weighted by Crippen LogP contribution is 2.37. The molecule has 0 heterocycles. The lowest BCUT2D eigenvalue weighted by Gasteiger charge is -2.31. The van der Waals surface area contributed by atoms with Crippen molar-refractivity contribution in [2.75, 3.05) is 25.2 Å². The summed E-state index contributed by atoms with van der Waals surface area (Å²) in [5.74, 6) is 0.296. The van der Waals surface area contributed by atoms with Crippen LogP contribution in [0.4, 0.5) is 10.1 Å². The SMILES string of the molecule is COCCN(c1cc(F)cc(C=O)c1)C(C)C1CC1. The van der Waals surface area contributed by atoms with Gasteiger partial charge in [0.2, 0.25) is 0 Å². The van der Waals surface area contributed by atoms with Crippen LogP contribution in [-0.2, 0) is 4.74 Å². The van der Waals surface area contributed by atoms with Crippen molar-refractivity contribution in [1.29, 1.82) is 0 Å². The van der Waals surface area contributed by atoms with E-state index in [1.807, 2.05) is 0 Å². The number of halogens is 1. The molecule has 0 saturated heterocycles. The van der Waals surface area contributed by atoms with Gasteiger partial charge in [-0.15, -0.1) is 0 Å². The van der Waals surface area contributed by atoms with E-state index in [0.29, 0.717) is 37.0 Å². The summed E-state index contributed by atoms with van der Waals surface area (Å²) in [6.07, 6.45) is 3.13. The van der Waals surface area contributed by atoms with Crippen molar-refractivity contribution in [2.45, 2.75) is 25.8 Å². The Hall–Kier alpha value is -1.42. The van der Waals surface area contributed by atoms with Crippen molar-refractivity contribution in [3.8, 4) is 0 Å². The number of carbonyl (C=O) groups is 1. The fraction of sp³-hybridized carbons (Fsp3) is 0.533. The molecule has 0 aromatic heterocycles.